The number of fused-ring (bicyclic) bond motifs is 2. The summed E-state index contributed by atoms with van der Waals surface area (Å²) in [6, 6.07) is 16.5. The van der Waals surface area contributed by atoms with Crippen molar-refractivity contribution in [3.05, 3.63) is 66.1 Å². The Bertz CT molecular complexity index is 1450. The quantitative estimate of drug-likeness (QED) is 0.246. The highest BCUT2D eigenvalue weighted by molar-refractivity contribution is 5.83. The van der Waals surface area contributed by atoms with Gasteiger partial charge in [0, 0.05) is 62.8 Å². The second-order valence-electron chi connectivity index (χ2n) is 9.49. The molecule has 4 N–H and O–H groups in total. The van der Waals surface area contributed by atoms with E-state index in [-0.39, 0.29) is 0 Å². The number of piperazine rings is 1. The van der Waals surface area contributed by atoms with Gasteiger partial charge < -0.3 is 30.4 Å². The number of H-pyrrole nitrogens is 2. The number of nitrogens with zero attached hydrogens (tertiary/aromatic N) is 6. The van der Waals surface area contributed by atoms with Gasteiger partial charge in [-0.15, -0.1) is 0 Å². The van der Waals surface area contributed by atoms with Crippen LogP contribution in [0.5, 0.6) is 0 Å². The first-order chi connectivity index (χ1) is 18.2. The van der Waals surface area contributed by atoms with Crippen molar-refractivity contribution in [3.8, 4) is 0 Å². The number of nitrogens with one attached hydrogen (secondary N) is 4. The Morgan fingerprint density at radius 2 is 1.49 bits per heavy atom. The largest absolute Gasteiger partial charge is 0.361 e. The molecular formula is C27H32N10. The molecule has 190 valence electrons. The summed E-state index contributed by atoms with van der Waals surface area (Å²) in [6.07, 6.45) is 3.70. The second kappa shape index (κ2) is 10.4. The number of aromatic amines is 2. The molecule has 1 aliphatic heterocycles. The molecular weight excluding hydrogens is 464 g/mol. The molecule has 0 amide bonds. The van der Waals surface area contributed by atoms with Gasteiger partial charge in [-0.05, 0) is 37.2 Å². The maximum atomic E-state index is 4.77. The number of para-hydroxylation sites is 3. The Morgan fingerprint density at radius 3 is 2.27 bits per heavy atom. The van der Waals surface area contributed by atoms with Crippen LogP contribution in [0.3, 0.4) is 0 Å². The number of imidazole rings is 1. The van der Waals surface area contributed by atoms with Gasteiger partial charge in [-0.3, -0.25) is 0 Å². The molecule has 37 heavy (non-hydrogen) atoms. The standard InChI is InChI=1S/C27H32N10/c1-36-14-16-37(17-15-36)27-34-25(28-12-10-19-18-30-21-7-3-2-6-20(19)21)33-26(35-27)29-13-11-24-31-22-8-4-5-9-23(22)32-24/h2-9,18,30H,10-17H2,1H3,(H,31,32)(H2,28,29,33,34,35). The molecule has 10 nitrogen and oxygen atoms in total. The summed E-state index contributed by atoms with van der Waals surface area (Å²) in [5, 5.41) is 8.08. The van der Waals surface area contributed by atoms with Crippen LogP contribution in [0.1, 0.15) is 11.4 Å². The van der Waals surface area contributed by atoms with E-state index in [1.54, 1.807) is 0 Å². The zero-order chi connectivity index (χ0) is 25.0. The van der Waals surface area contributed by atoms with Gasteiger partial charge in [0.05, 0.1) is 11.0 Å². The highest BCUT2D eigenvalue weighted by Crippen LogP contribution is 2.19. The van der Waals surface area contributed by atoms with E-state index >= 15 is 0 Å². The van der Waals surface area contributed by atoms with Crippen LogP contribution in [0.25, 0.3) is 21.9 Å². The van der Waals surface area contributed by atoms with Crippen LogP contribution >= 0.6 is 0 Å². The van der Waals surface area contributed by atoms with E-state index in [9.17, 15) is 0 Å². The molecule has 0 radical (unpaired) electrons. The molecule has 0 atom stereocenters. The third-order valence-electron chi connectivity index (χ3n) is 6.85. The van der Waals surface area contributed by atoms with Crippen LogP contribution in [0.15, 0.2) is 54.7 Å². The summed E-state index contributed by atoms with van der Waals surface area (Å²) in [4.78, 5) is 30.2. The van der Waals surface area contributed by atoms with Gasteiger partial charge >= 0.3 is 0 Å². The number of hydrogen-bond donors (Lipinski definition) is 4. The third-order valence-corrected chi connectivity index (χ3v) is 6.85. The lowest BCUT2D eigenvalue weighted by Crippen LogP contribution is -2.45. The number of aromatic nitrogens is 6. The Kier molecular flexibility index (Phi) is 6.55. The van der Waals surface area contributed by atoms with E-state index in [0.717, 1.165) is 67.9 Å². The fourth-order valence-electron chi connectivity index (χ4n) is 4.73. The van der Waals surface area contributed by atoms with Crippen LogP contribution in [-0.4, -0.2) is 81.1 Å². The molecule has 0 unspecified atom stereocenters. The fraction of sp³-hybridized carbons (Fsp3) is 0.333. The lowest BCUT2D eigenvalue weighted by atomic mass is 10.1. The van der Waals surface area contributed by atoms with Gasteiger partial charge in [-0.25, -0.2) is 4.98 Å². The fourth-order valence-corrected chi connectivity index (χ4v) is 4.73. The monoisotopic (exact) mass is 496 g/mol. The maximum absolute atomic E-state index is 4.77. The van der Waals surface area contributed by atoms with E-state index in [2.05, 4.69) is 71.8 Å². The molecule has 2 aromatic carbocycles. The first-order valence-electron chi connectivity index (χ1n) is 12.9. The molecule has 10 heteroatoms. The highest BCUT2D eigenvalue weighted by Gasteiger charge is 2.18. The predicted octanol–water partition coefficient (Wildman–Crippen LogP) is 3.29. The van der Waals surface area contributed by atoms with E-state index in [1.165, 1.54) is 10.9 Å². The Labute approximate surface area is 215 Å². The number of likely N-dealkylation sites (N-methyl/N-ethyl adjacent to an activating group) is 1. The summed E-state index contributed by atoms with van der Waals surface area (Å²) >= 11 is 0. The minimum absolute atomic E-state index is 0.578. The molecule has 3 aromatic heterocycles. The average molecular weight is 497 g/mol. The molecule has 0 aliphatic carbocycles. The molecule has 1 aliphatic rings. The first kappa shape index (κ1) is 23.2. The Hall–Kier alpha value is -4.18. The van der Waals surface area contributed by atoms with Gasteiger partial charge in [0.15, 0.2) is 0 Å². The van der Waals surface area contributed by atoms with E-state index < -0.39 is 0 Å². The molecule has 0 bridgehead atoms. The normalized spacial score (nSPS) is 14.5. The summed E-state index contributed by atoms with van der Waals surface area (Å²) in [6.45, 7) is 5.17. The van der Waals surface area contributed by atoms with Gasteiger partial charge in [-0.1, -0.05) is 30.3 Å². The van der Waals surface area contributed by atoms with Crippen molar-refractivity contribution in [2.75, 3.05) is 61.8 Å². The third kappa shape index (κ3) is 5.34. The molecule has 0 saturated carbocycles. The van der Waals surface area contributed by atoms with Gasteiger partial charge in [0.1, 0.15) is 5.82 Å². The predicted molar refractivity (Wildman–Crippen MR) is 148 cm³/mol. The van der Waals surface area contributed by atoms with Crippen molar-refractivity contribution in [1.29, 1.82) is 0 Å². The van der Waals surface area contributed by atoms with E-state index in [0.29, 0.717) is 24.4 Å². The van der Waals surface area contributed by atoms with E-state index in [1.807, 2.05) is 30.3 Å². The molecule has 0 spiro atoms. The van der Waals surface area contributed by atoms with Gasteiger partial charge in [0.2, 0.25) is 17.8 Å². The minimum Gasteiger partial charge on any atom is -0.361 e. The molecule has 1 fully saturated rings. The Balaban J connectivity index is 1.14. The number of hydrogen-bond acceptors (Lipinski definition) is 8. The van der Waals surface area contributed by atoms with Crippen LogP contribution in [-0.2, 0) is 12.8 Å². The topological polar surface area (TPSA) is 114 Å². The van der Waals surface area contributed by atoms with Crippen molar-refractivity contribution < 1.29 is 0 Å². The minimum atomic E-state index is 0.578. The number of rotatable bonds is 9. The summed E-state index contributed by atoms with van der Waals surface area (Å²) in [5.41, 5.74) is 4.47. The van der Waals surface area contributed by atoms with Crippen molar-refractivity contribution in [1.82, 2.24) is 34.8 Å². The van der Waals surface area contributed by atoms with Crippen molar-refractivity contribution in [2.45, 2.75) is 12.8 Å². The zero-order valence-electron chi connectivity index (χ0n) is 21.0. The summed E-state index contributed by atoms with van der Waals surface area (Å²) in [5.74, 6) is 2.83. The summed E-state index contributed by atoms with van der Waals surface area (Å²) in [7, 11) is 2.15. The second-order valence-corrected chi connectivity index (χ2v) is 9.49. The number of benzene rings is 2. The van der Waals surface area contributed by atoms with Crippen LogP contribution in [0.2, 0.25) is 0 Å². The lowest BCUT2D eigenvalue weighted by Gasteiger charge is -2.32. The van der Waals surface area contributed by atoms with E-state index in [4.69, 9.17) is 9.97 Å². The first-order valence-corrected chi connectivity index (χ1v) is 12.9. The van der Waals surface area contributed by atoms with Gasteiger partial charge in [0.25, 0.3) is 0 Å². The van der Waals surface area contributed by atoms with Gasteiger partial charge in [-0.2, -0.15) is 15.0 Å². The van der Waals surface area contributed by atoms with Crippen LogP contribution in [0, 0.1) is 0 Å². The van der Waals surface area contributed by atoms with Crippen molar-refractivity contribution in [2.24, 2.45) is 0 Å². The molecule has 1 saturated heterocycles. The zero-order valence-corrected chi connectivity index (χ0v) is 21.0. The number of anilines is 3. The Morgan fingerprint density at radius 1 is 0.784 bits per heavy atom. The highest BCUT2D eigenvalue weighted by atomic mass is 15.4. The smallest absolute Gasteiger partial charge is 0.232 e. The summed E-state index contributed by atoms with van der Waals surface area (Å²) < 4.78 is 0. The van der Waals surface area contributed by atoms with Crippen molar-refractivity contribution in [3.63, 3.8) is 0 Å². The average Bonchev–Trinajstić information content (AvgIpc) is 3.53. The lowest BCUT2D eigenvalue weighted by molar-refractivity contribution is 0.311. The van der Waals surface area contributed by atoms with Crippen molar-refractivity contribution >= 4 is 39.8 Å². The SMILES string of the molecule is CN1CCN(c2nc(NCCc3nc4ccccc4[nH]3)nc(NCCc3c[nH]c4ccccc34)n2)CC1. The van der Waals surface area contributed by atoms with Crippen LogP contribution < -0.4 is 15.5 Å². The maximum Gasteiger partial charge on any atom is 0.232 e. The molecule has 5 aromatic rings. The molecule has 6 rings (SSSR count). The molecule has 4 heterocycles. The van der Waals surface area contributed by atoms with Crippen LogP contribution in [0.4, 0.5) is 17.8 Å².